The lowest BCUT2D eigenvalue weighted by molar-refractivity contribution is 0.755. The predicted octanol–water partition coefficient (Wildman–Crippen LogP) is 5.36. The zero-order valence-electron chi connectivity index (χ0n) is 13.0. The Labute approximate surface area is 133 Å². The molecule has 2 aromatic rings. The molecule has 112 valence electrons. The molecule has 0 spiro atoms. The van der Waals surface area contributed by atoms with Crippen molar-refractivity contribution in [3.63, 3.8) is 0 Å². The van der Waals surface area contributed by atoms with Crippen LogP contribution in [0.15, 0.2) is 71.8 Å². The number of rotatable bonds is 4. The maximum Gasteiger partial charge on any atom is 0.0348 e. The quantitative estimate of drug-likeness (QED) is 0.783. The van der Waals surface area contributed by atoms with Crippen molar-refractivity contribution in [1.29, 1.82) is 5.41 Å². The molecule has 3 rings (SSSR count). The summed E-state index contributed by atoms with van der Waals surface area (Å²) in [5.41, 5.74) is 6.28. The third-order valence-corrected chi connectivity index (χ3v) is 4.43. The molecule has 2 aromatic carbocycles. The summed E-state index contributed by atoms with van der Waals surface area (Å²) in [6, 6.07) is 21.3. The Hall–Kier alpha value is -2.15. The van der Waals surface area contributed by atoms with Crippen molar-refractivity contribution in [3.05, 3.63) is 82.9 Å². The van der Waals surface area contributed by atoms with Crippen molar-refractivity contribution in [2.75, 3.05) is 0 Å². The van der Waals surface area contributed by atoms with Gasteiger partial charge in [0.05, 0.1) is 0 Å². The summed E-state index contributed by atoms with van der Waals surface area (Å²) in [6.07, 6.45) is 6.32. The maximum atomic E-state index is 8.47. The number of hydrogen-bond acceptors (Lipinski definition) is 1. The Morgan fingerprint density at radius 2 is 1.23 bits per heavy atom. The lowest BCUT2D eigenvalue weighted by Crippen LogP contribution is -2.07. The van der Waals surface area contributed by atoms with Crippen LogP contribution in [0.25, 0.3) is 0 Å². The second-order valence-corrected chi connectivity index (χ2v) is 6.09. The van der Waals surface area contributed by atoms with E-state index in [2.05, 4.69) is 60.7 Å². The lowest BCUT2D eigenvalue weighted by atomic mass is 9.91. The summed E-state index contributed by atoms with van der Waals surface area (Å²) in [6.45, 7) is 0. The van der Waals surface area contributed by atoms with Gasteiger partial charge in [-0.05, 0) is 55.2 Å². The van der Waals surface area contributed by atoms with Gasteiger partial charge >= 0.3 is 0 Å². The van der Waals surface area contributed by atoms with Gasteiger partial charge in [0.15, 0.2) is 0 Å². The van der Waals surface area contributed by atoms with Gasteiger partial charge in [-0.2, -0.15) is 0 Å². The standard InChI is InChI=1S/C21H23N/c22-21-14-8-7-13-19(15-17-9-3-1-4-10-17)20(21)16-18-11-5-2-6-12-18/h1-6,9-12,22H,7-8,13-16H2. The van der Waals surface area contributed by atoms with E-state index < -0.39 is 0 Å². The molecule has 0 unspecified atom stereocenters. The molecule has 0 saturated carbocycles. The van der Waals surface area contributed by atoms with E-state index in [-0.39, 0.29) is 0 Å². The highest BCUT2D eigenvalue weighted by molar-refractivity contribution is 5.99. The SMILES string of the molecule is N=C1CCCCC(Cc2ccccc2)=C1Cc1ccccc1. The topological polar surface area (TPSA) is 23.9 Å². The molecule has 0 amide bonds. The number of benzene rings is 2. The highest BCUT2D eigenvalue weighted by atomic mass is 14.4. The van der Waals surface area contributed by atoms with E-state index in [0.717, 1.165) is 37.8 Å². The third-order valence-electron chi connectivity index (χ3n) is 4.43. The first-order valence-corrected chi connectivity index (χ1v) is 8.19. The van der Waals surface area contributed by atoms with E-state index >= 15 is 0 Å². The van der Waals surface area contributed by atoms with Crippen LogP contribution in [0.5, 0.6) is 0 Å². The smallest absolute Gasteiger partial charge is 0.0348 e. The van der Waals surface area contributed by atoms with E-state index in [1.807, 2.05) is 0 Å². The summed E-state index contributed by atoms with van der Waals surface area (Å²) < 4.78 is 0. The van der Waals surface area contributed by atoms with Crippen LogP contribution >= 0.6 is 0 Å². The molecule has 1 N–H and O–H groups in total. The Balaban J connectivity index is 1.91. The Morgan fingerprint density at radius 3 is 1.86 bits per heavy atom. The van der Waals surface area contributed by atoms with Crippen LogP contribution in [0.1, 0.15) is 36.8 Å². The molecule has 0 aromatic heterocycles. The maximum absolute atomic E-state index is 8.47. The van der Waals surface area contributed by atoms with E-state index in [9.17, 15) is 0 Å². The monoisotopic (exact) mass is 289 g/mol. The highest BCUT2D eigenvalue weighted by Gasteiger charge is 2.16. The van der Waals surface area contributed by atoms with Gasteiger partial charge in [0.1, 0.15) is 0 Å². The summed E-state index contributed by atoms with van der Waals surface area (Å²) in [5.74, 6) is 0. The second kappa shape index (κ2) is 7.22. The number of allylic oxidation sites excluding steroid dienone is 2. The molecular weight excluding hydrogens is 266 g/mol. The molecule has 0 saturated heterocycles. The van der Waals surface area contributed by atoms with Gasteiger partial charge in [-0.1, -0.05) is 66.2 Å². The fraction of sp³-hybridized carbons (Fsp3) is 0.286. The molecule has 0 aliphatic heterocycles. The van der Waals surface area contributed by atoms with Crippen molar-refractivity contribution < 1.29 is 0 Å². The van der Waals surface area contributed by atoms with Gasteiger partial charge < -0.3 is 5.41 Å². The van der Waals surface area contributed by atoms with Gasteiger partial charge in [-0.3, -0.25) is 0 Å². The number of hydrogen-bond donors (Lipinski definition) is 1. The van der Waals surface area contributed by atoms with E-state index in [1.54, 1.807) is 0 Å². The zero-order chi connectivity index (χ0) is 15.2. The lowest BCUT2D eigenvalue weighted by Gasteiger charge is -2.14. The normalized spacial score (nSPS) is 15.7. The zero-order valence-corrected chi connectivity index (χ0v) is 13.0. The largest absolute Gasteiger partial charge is 0.305 e. The number of nitrogens with one attached hydrogen (secondary N) is 1. The molecule has 0 bridgehead atoms. The Bertz CT molecular complexity index is 653. The first kappa shape index (κ1) is 14.8. The van der Waals surface area contributed by atoms with Crippen LogP contribution in [0.4, 0.5) is 0 Å². The van der Waals surface area contributed by atoms with Gasteiger partial charge in [-0.25, -0.2) is 0 Å². The van der Waals surface area contributed by atoms with Crippen molar-refractivity contribution in [3.8, 4) is 0 Å². The summed E-state index contributed by atoms with van der Waals surface area (Å²) >= 11 is 0. The van der Waals surface area contributed by atoms with Gasteiger partial charge in [-0.15, -0.1) is 0 Å². The summed E-state index contributed by atoms with van der Waals surface area (Å²) in [5, 5.41) is 8.47. The van der Waals surface area contributed by atoms with Crippen LogP contribution in [0, 0.1) is 5.41 Å². The summed E-state index contributed by atoms with van der Waals surface area (Å²) in [7, 11) is 0. The van der Waals surface area contributed by atoms with E-state index in [4.69, 9.17) is 5.41 Å². The van der Waals surface area contributed by atoms with Crippen LogP contribution in [0.2, 0.25) is 0 Å². The minimum absolute atomic E-state index is 0.854. The van der Waals surface area contributed by atoms with Gasteiger partial charge in [0, 0.05) is 5.71 Å². The first-order valence-electron chi connectivity index (χ1n) is 8.19. The van der Waals surface area contributed by atoms with Crippen LogP contribution in [-0.2, 0) is 12.8 Å². The van der Waals surface area contributed by atoms with Gasteiger partial charge in [0.25, 0.3) is 0 Å². The van der Waals surface area contributed by atoms with Crippen molar-refractivity contribution >= 4 is 5.71 Å². The summed E-state index contributed by atoms with van der Waals surface area (Å²) in [4.78, 5) is 0. The van der Waals surface area contributed by atoms with Gasteiger partial charge in [0.2, 0.25) is 0 Å². The van der Waals surface area contributed by atoms with Crippen molar-refractivity contribution in [2.24, 2.45) is 0 Å². The molecule has 1 heteroatoms. The molecule has 1 nitrogen and oxygen atoms in total. The molecular formula is C21H23N. The van der Waals surface area contributed by atoms with Crippen LogP contribution in [0.3, 0.4) is 0 Å². The fourth-order valence-corrected chi connectivity index (χ4v) is 3.22. The molecule has 0 fully saturated rings. The molecule has 0 heterocycles. The van der Waals surface area contributed by atoms with Crippen molar-refractivity contribution in [2.45, 2.75) is 38.5 Å². The minimum Gasteiger partial charge on any atom is -0.305 e. The van der Waals surface area contributed by atoms with E-state index in [0.29, 0.717) is 0 Å². The molecule has 1 aliphatic rings. The predicted molar refractivity (Wildman–Crippen MR) is 93.5 cm³/mol. The average Bonchev–Trinajstić information content (AvgIpc) is 2.73. The third kappa shape index (κ3) is 3.73. The molecule has 22 heavy (non-hydrogen) atoms. The molecule has 0 atom stereocenters. The van der Waals surface area contributed by atoms with Crippen LogP contribution < -0.4 is 0 Å². The first-order chi connectivity index (χ1) is 10.8. The minimum atomic E-state index is 0.854. The Morgan fingerprint density at radius 1 is 0.682 bits per heavy atom. The van der Waals surface area contributed by atoms with E-state index in [1.165, 1.54) is 28.7 Å². The van der Waals surface area contributed by atoms with Crippen molar-refractivity contribution in [1.82, 2.24) is 0 Å². The van der Waals surface area contributed by atoms with Crippen LogP contribution in [-0.4, -0.2) is 5.71 Å². The second-order valence-electron chi connectivity index (χ2n) is 6.09. The Kier molecular flexibility index (Phi) is 4.85. The molecule has 0 radical (unpaired) electrons. The highest BCUT2D eigenvalue weighted by Crippen LogP contribution is 2.27. The molecule has 1 aliphatic carbocycles. The average molecular weight is 289 g/mol. The fourth-order valence-electron chi connectivity index (χ4n) is 3.22.